The van der Waals surface area contributed by atoms with Crippen LogP contribution in [-0.4, -0.2) is 6.10 Å². The molecule has 1 aliphatic rings. The van der Waals surface area contributed by atoms with Gasteiger partial charge in [0.05, 0.1) is 5.76 Å². The fourth-order valence-corrected chi connectivity index (χ4v) is 1.74. The molecular formula is C13H21NO. The Labute approximate surface area is 92.5 Å². The van der Waals surface area contributed by atoms with E-state index >= 15 is 0 Å². The molecule has 15 heavy (non-hydrogen) atoms. The first-order chi connectivity index (χ1) is 7.08. The number of hydrogen-bond donors (Lipinski definition) is 1. The summed E-state index contributed by atoms with van der Waals surface area (Å²) in [4.78, 5) is 0. The van der Waals surface area contributed by atoms with Crippen LogP contribution in [0.5, 0.6) is 0 Å². The lowest BCUT2D eigenvalue weighted by molar-refractivity contribution is 0.116. The average Bonchev–Trinajstić information content (AvgIpc) is 2.36. The molecule has 0 aromatic carbocycles. The standard InChI is InChI=1S/C13H21NO/c1-5-9(3)12-7-10(4)15-11(6-2)8-13(12)14/h7,11H,3,5-6,8,14H2,1-2,4H3. The van der Waals surface area contributed by atoms with Crippen molar-refractivity contribution in [3.63, 3.8) is 0 Å². The van der Waals surface area contributed by atoms with Gasteiger partial charge in [-0.2, -0.15) is 0 Å². The van der Waals surface area contributed by atoms with E-state index in [2.05, 4.69) is 20.4 Å². The fourth-order valence-electron chi connectivity index (χ4n) is 1.74. The van der Waals surface area contributed by atoms with Crippen LogP contribution in [0.4, 0.5) is 0 Å². The van der Waals surface area contributed by atoms with Crippen molar-refractivity contribution in [2.24, 2.45) is 5.73 Å². The molecule has 0 saturated carbocycles. The molecule has 2 heteroatoms. The SMILES string of the molecule is C=C(CC)C1=C(N)CC(CC)OC(C)=C1. The maximum atomic E-state index is 6.08. The van der Waals surface area contributed by atoms with Crippen molar-refractivity contribution in [1.82, 2.24) is 0 Å². The molecule has 1 heterocycles. The zero-order chi connectivity index (χ0) is 11.4. The van der Waals surface area contributed by atoms with E-state index in [0.717, 1.165) is 41.9 Å². The molecular weight excluding hydrogens is 186 g/mol. The van der Waals surface area contributed by atoms with E-state index in [1.54, 1.807) is 0 Å². The van der Waals surface area contributed by atoms with Crippen LogP contribution in [0.3, 0.4) is 0 Å². The Hall–Kier alpha value is -1.18. The lowest BCUT2D eigenvalue weighted by Gasteiger charge is -2.15. The van der Waals surface area contributed by atoms with Crippen molar-refractivity contribution in [2.75, 3.05) is 0 Å². The molecule has 1 unspecified atom stereocenters. The highest BCUT2D eigenvalue weighted by Gasteiger charge is 2.16. The maximum Gasteiger partial charge on any atom is 0.103 e. The van der Waals surface area contributed by atoms with E-state index in [-0.39, 0.29) is 6.10 Å². The molecule has 0 spiro atoms. The third-order valence-corrected chi connectivity index (χ3v) is 2.76. The van der Waals surface area contributed by atoms with Crippen LogP contribution < -0.4 is 5.73 Å². The van der Waals surface area contributed by atoms with Crippen molar-refractivity contribution in [1.29, 1.82) is 0 Å². The summed E-state index contributed by atoms with van der Waals surface area (Å²) in [5.74, 6) is 0.937. The Morgan fingerprint density at radius 2 is 2.27 bits per heavy atom. The topological polar surface area (TPSA) is 35.2 Å². The third-order valence-electron chi connectivity index (χ3n) is 2.76. The monoisotopic (exact) mass is 207 g/mol. The summed E-state index contributed by atoms with van der Waals surface area (Å²) in [6, 6.07) is 0. The summed E-state index contributed by atoms with van der Waals surface area (Å²) in [7, 11) is 0. The minimum Gasteiger partial charge on any atom is -0.495 e. The van der Waals surface area contributed by atoms with Crippen LogP contribution in [0.15, 0.2) is 35.3 Å². The van der Waals surface area contributed by atoms with E-state index < -0.39 is 0 Å². The van der Waals surface area contributed by atoms with Crippen LogP contribution in [0, 0.1) is 0 Å². The number of allylic oxidation sites excluding steroid dienone is 4. The molecule has 0 radical (unpaired) electrons. The van der Waals surface area contributed by atoms with Gasteiger partial charge in [0, 0.05) is 12.1 Å². The summed E-state index contributed by atoms with van der Waals surface area (Å²) in [6.07, 6.45) is 4.94. The molecule has 0 bridgehead atoms. The van der Waals surface area contributed by atoms with Gasteiger partial charge in [-0.05, 0) is 37.0 Å². The van der Waals surface area contributed by atoms with Gasteiger partial charge in [-0.15, -0.1) is 0 Å². The molecule has 0 fully saturated rings. The van der Waals surface area contributed by atoms with Crippen LogP contribution in [0.2, 0.25) is 0 Å². The van der Waals surface area contributed by atoms with E-state index in [9.17, 15) is 0 Å². The van der Waals surface area contributed by atoms with Crippen LogP contribution in [0.25, 0.3) is 0 Å². The molecule has 0 aliphatic carbocycles. The van der Waals surface area contributed by atoms with Gasteiger partial charge in [-0.1, -0.05) is 20.4 Å². The summed E-state index contributed by atoms with van der Waals surface area (Å²) in [6.45, 7) is 10.2. The minimum absolute atomic E-state index is 0.211. The molecule has 2 nitrogen and oxygen atoms in total. The number of rotatable bonds is 3. The molecule has 0 saturated heterocycles. The molecule has 0 amide bonds. The van der Waals surface area contributed by atoms with Crippen molar-refractivity contribution in [2.45, 2.75) is 46.1 Å². The largest absolute Gasteiger partial charge is 0.495 e. The van der Waals surface area contributed by atoms with Gasteiger partial charge >= 0.3 is 0 Å². The number of nitrogens with two attached hydrogens (primary N) is 1. The van der Waals surface area contributed by atoms with Gasteiger partial charge in [0.15, 0.2) is 0 Å². The molecule has 1 aliphatic heterocycles. The number of hydrogen-bond acceptors (Lipinski definition) is 2. The third kappa shape index (κ3) is 2.88. The van der Waals surface area contributed by atoms with Gasteiger partial charge in [-0.25, -0.2) is 0 Å². The Morgan fingerprint density at radius 1 is 1.60 bits per heavy atom. The minimum atomic E-state index is 0.211. The van der Waals surface area contributed by atoms with E-state index in [0.29, 0.717) is 0 Å². The summed E-state index contributed by atoms with van der Waals surface area (Å²) in [5.41, 5.74) is 9.15. The van der Waals surface area contributed by atoms with E-state index in [4.69, 9.17) is 10.5 Å². The molecule has 1 rings (SSSR count). The van der Waals surface area contributed by atoms with Gasteiger partial charge < -0.3 is 10.5 Å². The first-order valence-corrected chi connectivity index (χ1v) is 5.60. The first-order valence-electron chi connectivity index (χ1n) is 5.60. The van der Waals surface area contributed by atoms with Crippen molar-refractivity contribution >= 4 is 0 Å². The van der Waals surface area contributed by atoms with Crippen molar-refractivity contribution < 1.29 is 4.74 Å². The smallest absolute Gasteiger partial charge is 0.103 e. The van der Waals surface area contributed by atoms with Gasteiger partial charge in [0.25, 0.3) is 0 Å². The first kappa shape index (κ1) is 11.9. The summed E-state index contributed by atoms with van der Waals surface area (Å²) < 4.78 is 5.75. The Kier molecular flexibility index (Phi) is 4.01. The second kappa shape index (κ2) is 5.06. The summed E-state index contributed by atoms with van der Waals surface area (Å²) in [5, 5.41) is 0. The van der Waals surface area contributed by atoms with Gasteiger partial charge in [0.2, 0.25) is 0 Å². The van der Waals surface area contributed by atoms with Gasteiger partial charge in [-0.3, -0.25) is 0 Å². The quantitative estimate of drug-likeness (QED) is 0.771. The van der Waals surface area contributed by atoms with E-state index in [1.165, 1.54) is 0 Å². The second-order valence-electron chi connectivity index (χ2n) is 4.00. The van der Waals surface area contributed by atoms with Gasteiger partial charge in [0.1, 0.15) is 6.10 Å². The number of ether oxygens (including phenoxy) is 1. The molecule has 1 atom stereocenters. The Balaban J connectivity index is 3.00. The predicted octanol–water partition coefficient (Wildman–Crippen LogP) is 3.27. The Bertz CT molecular complexity index is 312. The van der Waals surface area contributed by atoms with Crippen molar-refractivity contribution in [3.8, 4) is 0 Å². The highest BCUT2D eigenvalue weighted by atomic mass is 16.5. The molecule has 2 N–H and O–H groups in total. The lowest BCUT2D eigenvalue weighted by atomic mass is 10.00. The van der Waals surface area contributed by atoms with Crippen LogP contribution in [0.1, 0.15) is 40.0 Å². The second-order valence-corrected chi connectivity index (χ2v) is 4.00. The highest BCUT2D eigenvalue weighted by Crippen LogP contribution is 2.26. The summed E-state index contributed by atoms with van der Waals surface area (Å²) >= 11 is 0. The fraction of sp³-hybridized carbons (Fsp3) is 0.538. The molecule has 0 aromatic rings. The maximum absolute atomic E-state index is 6.08. The van der Waals surface area contributed by atoms with Crippen LogP contribution in [-0.2, 0) is 4.74 Å². The van der Waals surface area contributed by atoms with Crippen molar-refractivity contribution in [3.05, 3.63) is 35.3 Å². The molecule has 0 aromatic heterocycles. The predicted molar refractivity (Wildman–Crippen MR) is 64.2 cm³/mol. The Morgan fingerprint density at radius 3 is 2.80 bits per heavy atom. The highest BCUT2D eigenvalue weighted by molar-refractivity contribution is 5.42. The zero-order valence-electron chi connectivity index (χ0n) is 9.97. The molecule has 84 valence electrons. The normalized spacial score (nSPS) is 21.8. The van der Waals surface area contributed by atoms with E-state index in [1.807, 2.05) is 13.0 Å². The zero-order valence-corrected chi connectivity index (χ0v) is 9.97. The lowest BCUT2D eigenvalue weighted by Crippen LogP contribution is -2.14. The average molecular weight is 207 g/mol. The van der Waals surface area contributed by atoms with Crippen LogP contribution >= 0.6 is 0 Å².